The molecule has 0 spiro atoms. The van der Waals surface area contributed by atoms with Crippen molar-refractivity contribution in [1.29, 1.82) is 0 Å². The maximum atomic E-state index is 12.9. The molecule has 2 aromatic rings. The second-order valence-electron chi connectivity index (χ2n) is 7.65. The number of aryl methyl sites for hydroxylation is 1. The van der Waals surface area contributed by atoms with Crippen molar-refractivity contribution in [2.75, 3.05) is 34.4 Å². The molecule has 0 aromatic heterocycles. The highest BCUT2D eigenvalue weighted by Gasteiger charge is 2.28. The lowest BCUT2D eigenvalue weighted by Gasteiger charge is -2.20. The predicted molar refractivity (Wildman–Crippen MR) is 119 cm³/mol. The quantitative estimate of drug-likeness (QED) is 0.592. The third-order valence-corrected chi connectivity index (χ3v) is 7.48. The first-order valence-corrected chi connectivity index (χ1v) is 11.8. The minimum absolute atomic E-state index is 0.0410. The number of rotatable bonds is 9. The molecule has 1 amide bonds. The van der Waals surface area contributed by atoms with Crippen LogP contribution in [0.15, 0.2) is 47.4 Å². The Morgan fingerprint density at radius 1 is 1.00 bits per heavy atom. The van der Waals surface area contributed by atoms with E-state index in [2.05, 4.69) is 0 Å². The van der Waals surface area contributed by atoms with Gasteiger partial charge in [-0.3, -0.25) is 4.79 Å². The zero-order valence-corrected chi connectivity index (χ0v) is 19.2. The minimum atomic E-state index is -3.52. The molecule has 0 unspecified atom stereocenters. The first-order valence-electron chi connectivity index (χ1n) is 10.4. The van der Waals surface area contributed by atoms with Crippen molar-refractivity contribution >= 4 is 15.9 Å². The predicted octanol–water partition coefficient (Wildman–Crippen LogP) is 3.08. The van der Waals surface area contributed by atoms with E-state index in [1.54, 1.807) is 44.4 Å². The summed E-state index contributed by atoms with van der Waals surface area (Å²) < 4.78 is 38.1. The van der Waals surface area contributed by atoms with Crippen molar-refractivity contribution in [3.05, 3.63) is 53.6 Å². The van der Waals surface area contributed by atoms with Gasteiger partial charge in [0, 0.05) is 38.7 Å². The summed E-state index contributed by atoms with van der Waals surface area (Å²) in [6, 6.07) is 12.5. The fourth-order valence-electron chi connectivity index (χ4n) is 3.80. The van der Waals surface area contributed by atoms with Gasteiger partial charge in [0.15, 0.2) is 0 Å². The van der Waals surface area contributed by atoms with E-state index < -0.39 is 10.0 Å². The molecular weight excluding hydrogens is 416 g/mol. The van der Waals surface area contributed by atoms with Gasteiger partial charge in [0.05, 0.1) is 19.1 Å². The Hall–Kier alpha value is -2.58. The molecule has 3 rings (SSSR count). The molecule has 0 radical (unpaired) electrons. The second-order valence-corrected chi connectivity index (χ2v) is 9.58. The maximum absolute atomic E-state index is 12.9. The largest absolute Gasteiger partial charge is 0.496 e. The summed E-state index contributed by atoms with van der Waals surface area (Å²) in [7, 11) is 1.38. The zero-order chi connectivity index (χ0) is 22.4. The molecule has 1 aliphatic rings. The molecule has 0 saturated carbocycles. The van der Waals surface area contributed by atoms with Gasteiger partial charge in [-0.15, -0.1) is 0 Å². The minimum Gasteiger partial charge on any atom is -0.496 e. The van der Waals surface area contributed by atoms with Crippen molar-refractivity contribution in [2.24, 2.45) is 0 Å². The summed E-state index contributed by atoms with van der Waals surface area (Å²) in [5.41, 5.74) is 1.64. The number of amides is 1. The highest BCUT2D eigenvalue weighted by atomic mass is 32.2. The molecule has 8 heteroatoms. The van der Waals surface area contributed by atoms with E-state index in [0.29, 0.717) is 37.4 Å². The lowest BCUT2D eigenvalue weighted by atomic mass is 10.1. The van der Waals surface area contributed by atoms with Crippen LogP contribution in [-0.2, 0) is 27.8 Å². The van der Waals surface area contributed by atoms with Crippen LogP contribution in [0.25, 0.3) is 0 Å². The van der Waals surface area contributed by atoms with Crippen LogP contribution in [-0.4, -0.2) is 57.9 Å². The normalized spacial score (nSPS) is 14.4. The van der Waals surface area contributed by atoms with E-state index in [1.807, 2.05) is 24.3 Å². The highest BCUT2D eigenvalue weighted by Crippen LogP contribution is 2.27. The Bertz CT molecular complexity index is 1020. The van der Waals surface area contributed by atoms with Crippen LogP contribution >= 0.6 is 0 Å². The number of carbonyl (C=O) groups excluding carboxylic acids is 1. The molecule has 1 heterocycles. The van der Waals surface area contributed by atoms with Gasteiger partial charge in [-0.05, 0) is 49.1 Å². The monoisotopic (exact) mass is 446 g/mol. The summed E-state index contributed by atoms with van der Waals surface area (Å²) in [4.78, 5) is 14.6. The summed E-state index contributed by atoms with van der Waals surface area (Å²) >= 11 is 0. The van der Waals surface area contributed by atoms with Crippen LogP contribution in [0.4, 0.5) is 0 Å². The molecule has 7 nitrogen and oxygen atoms in total. The van der Waals surface area contributed by atoms with E-state index >= 15 is 0 Å². The topological polar surface area (TPSA) is 76.2 Å². The number of sulfonamides is 1. The maximum Gasteiger partial charge on any atom is 0.243 e. The lowest BCUT2D eigenvalue weighted by molar-refractivity contribution is -0.130. The Labute approximate surface area is 184 Å². The summed E-state index contributed by atoms with van der Waals surface area (Å²) in [5, 5.41) is 0. The summed E-state index contributed by atoms with van der Waals surface area (Å²) in [6.07, 6.45) is 2.40. The molecule has 0 bridgehead atoms. The second kappa shape index (κ2) is 10.2. The van der Waals surface area contributed by atoms with E-state index in [1.165, 1.54) is 4.31 Å². The van der Waals surface area contributed by atoms with Gasteiger partial charge < -0.3 is 14.4 Å². The fraction of sp³-hybridized carbons (Fsp3) is 0.435. The Kier molecular flexibility index (Phi) is 7.56. The molecule has 31 heavy (non-hydrogen) atoms. The van der Waals surface area contributed by atoms with Crippen LogP contribution in [0.5, 0.6) is 11.5 Å². The van der Waals surface area contributed by atoms with Crippen LogP contribution in [0.2, 0.25) is 0 Å². The fourth-order valence-corrected chi connectivity index (χ4v) is 5.37. The lowest BCUT2D eigenvalue weighted by Crippen LogP contribution is -2.28. The molecule has 0 N–H and O–H groups in total. The third kappa shape index (κ3) is 5.37. The van der Waals surface area contributed by atoms with E-state index in [0.717, 1.165) is 24.2 Å². The molecule has 1 fully saturated rings. The van der Waals surface area contributed by atoms with Gasteiger partial charge in [-0.2, -0.15) is 4.31 Å². The van der Waals surface area contributed by atoms with Crippen molar-refractivity contribution in [3.8, 4) is 11.5 Å². The van der Waals surface area contributed by atoms with Crippen LogP contribution in [0.3, 0.4) is 0 Å². The average Bonchev–Trinajstić information content (AvgIpc) is 3.33. The smallest absolute Gasteiger partial charge is 0.243 e. The van der Waals surface area contributed by atoms with Gasteiger partial charge in [0.2, 0.25) is 15.9 Å². The summed E-state index contributed by atoms with van der Waals surface area (Å²) in [5.74, 6) is 1.28. The Balaban J connectivity index is 1.70. The molecule has 2 aromatic carbocycles. The number of para-hydroxylation sites is 1. The molecule has 1 saturated heterocycles. The molecule has 0 atom stereocenters. The van der Waals surface area contributed by atoms with Gasteiger partial charge in [0.1, 0.15) is 11.5 Å². The van der Waals surface area contributed by atoms with Crippen molar-refractivity contribution in [1.82, 2.24) is 9.21 Å². The van der Waals surface area contributed by atoms with Gasteiger partial charge in [-0.25, -0.2) is 8.42 Å². The van der Waals surface area contributed by atoms with Crippen molar-refractivity contribution in [2.45, 2.75) is 37.1 Å². The van der Waals surface area contributed by atoms with E-state index in [9.17, 15) is 13.2 Å². The third-order valence-electron chi connectivity index (χ3n) is 5.59. The Morgan fingerprint density at radius 2 is 1.65 bits per heavy atom. The number of methoxy groups -OCH3 is 2. The van der Waals surface area contributed by atoms with Crippen molar-refractivity contribution < 1.29 is 22.7 Å². The van der Waals surface area contributed by atoms with Crippen molar-refractivity contribution in [3.63, 3.8) is 0 Å². The molecular formula is C23H30N2O5S. The SMILES string of the molecule is COc1ccc(S(=O)(=O)N2CCCC2)cc1CCC(=O)N(C)Cc1ccccc1OC. The average molecular weight is 447 g/mol. The van der Waals surface area contributed by atoms with Gasteiger partial charge >= 0.3 is 0 Å². The number of hydrogen-bond donors (Lipinski definition) is 0. The highest BCUT2D eigenvalue weighted by molar-refractivity contribution is 7.89. The van der Waals surface area contributed by atoms with Crippen LogP contribution in [0, 0.1) is 0 Å². The number of ether oxygens (including phenoxy) is 2. The van der Waals surface area contributed by atoms with Gasteiger partial charge in [0.25, 0.3) is 0 Å². The molecule has 168 valence electrons. The molecule has 0 aliphatic carbocycles. The number of hydrogen-bond acceptors (Lipinski definition) is 5. The number of nitrogens with zero attached hydrogens (tertiary/aromatic N) is 2. The first kappa shape index (κ1) is 23.1. The van der Waals surface area contributed by atoms with Crippen LogP contribution < -0.4 is 9.47 Å². The zero-order valence-electron chi connectivity index (χ0n) is 18.3. The van der Waals surface area contributed by atoms with E-state index in [4.69, 9.17) is 9.47 Å². The molecule has 1 aliphatic heterocycles. The standard InChI is InChI=1S/C23H30N2O5S/c1-24(17-19-8-4-5-9-21(19)29-2)23(26)13-10-18-16-20(11-12-22(18)30-3)31(27,28)25-14-6-7-15-25/h4-5,8-9,11-12,16H,6-7,10,13-15,17H2,1-3H3. The van der Waals surface area contributed by atoms with Crippen LogP contribution in [0.1, 0.15) is 30.4 Å². The van der Waals surface area contributed by atoms with E-state index in [-0.39, 0.29) is 17.2 Å². The van der Waals surface area contributed by atoms with Gasteiger partial charge in [-0.1, -0.05) is 18.2 Å². The number of carbonyl (C=O) groups is 1. The summed E-state index contributed by atoms with van der Waals surface area (Å²) in [6.45, 7) is 1.54. The number of benzene rings is 2. The first-order chi connectivity index (χ1) is 14.9. The Morgan fingerprint density at radius 3 is 2.32 bits per heavy atom.